The number of carbonyl (C=O) groups is 1. The lowest BCUT2D eigenvalue weighted by Crippen LogP contribution is -2.09. The standard InChI is InChI=1S/C12H20O3/c1-2-9-14-10-8-12(13)15-11-6-4-3-5-7-11/h6H,2-5,7-10H2,1H3. The van der Waals surface area contributed by atoms with E-state index in [0.717, 1.165) is 38.0 Å². The van der Waals surface area contributed by atoms with Gasteiger partial charge in [-0.05, 0) is 31.8 Å². The molecule has 86 valence electrons. The molecule has 0 heterocycles. The van der Waals surface area contributed by atoms with E-state index < -0.39 is 0 Å². The molecule has 1 aliphatic carbocycles. The molecule has 0 aromatic carbocycles. The quantitative estimate of drug-likeness (QED) is 0.501. The number of hydrogen-bond donors (Lipinski definition) is 0. The number of hydrogen-bond acceptors (Lipinski definition) is 3. The number of esters is 1. The van der Waals surface area contributed by atoms with Crippen LogP contribution in [0.4, 0.5) is 0 Å². The minimum absolute atomic E-state index is 0.167. The summed E-state index contributed by atoms with van der Waals surface area (Å²) in [5.41, 5.74) is 0. The summed E-state index contributed by atoms with van der Waals surface area (Å²) in [5, 5.41) is 0. The summed E-state index contributed by atoms with van der Waals surface area (Å²) < 4.78 is 10.4. The van der Waals surface area contributed by atoms with Crippen molar-refractivity contribution in [3.63, 3.8) is 0 Å². The molecule has 3 heteroatoms. The van der Waals surface area contributed by atoms with E-state index in [4.69, 9.17) is 9.47 Å². The van der Waals surface area contributed by atoms with Gasteiger partial charge in [0.25, 0.3) is 0 Å². The van der Waals surface area contributed by atoms with Crippen molar-refractivity contribution in [2.24, 2.45) is 0 Å². The van der Waals surface area contributed by atoms with Crippen molar-refractivity contribution in [2.75, 3.05) is 13.2 Å². The lowest BCUT2D eigenvalue weighted by atomic mass is 10.1. The van der Waals surface area contributed by atoms with Crippen LogP contribution in [0.2, 0.25) is 0 Å². The maximum atomic E-state index is 11.3. The number of ether oxygens (including phenoxy) is 2. The zero-order chi connectivity index (χ0) is 10.9. The van der Waals surface area contributed by atoms with Crippen LogP contribution >= 0.6 is 0 Å². The molecule has 0 aromatic heterocycles. The third kappa shape index (κ3) is 5.57. The Hall–Kier alpha value is -0.830. The molecule has 0 atom stereocenters. The van der Waals surface area contributed by atoms with Gasteiger partial charge in [0.2, 0.25) is 0 Å². The zero-order valence-electron chi connectivity index (χ0n) is 9.46. The average Bonchev–Trinajstić information content (AvgIpc) is 2.26. The number of rotatable bonds is 6. The minimum Gasteiger partial charge on any atom is -0.431 e. The highest BCUT2D eigenvalue weighted by Crippen LogP contribution is 2.18. The van der Waals surface area contributed by atoms with Gasteiger partial charge in [-0.25, -0.2) is 0 Å². The van der Waals surface area contributed by atoms with Crippen LogP contribution < -0.4 is 0 Å². The van der Waals surface area contributed by atoms with Crippen LogP contribution in [0.3, 0.4) is 0 Å². The average molecular weight is 212 g/mol. The van der Waals surface area contributed by atoms with Crippen molar-refractivity contribution in [2.45, 2.75) is 45.4 Å². The largest absolute Gasteiger partial charge is 0.431 e. The predicted octanol–water partition coefficient (Wildman–Crippen LogP) is 2.80. The lowest BCUT2D eigenvalue weighted by molar-refractivity contribution is -0.141. The fourth-order valence-electron chi connectivity index (χ4n) is 1.50. The molecule has 0 fully saturated rings. The Morgan fingerprint density at radius 3 is 2.93 bits per heavy atom. The first-order valence-electron chi connectivity index (χ1n) is 5.80. The highest BCUT2D eigenvalue weighted by molar-refractivity contribution is 5.70. The topological polar surface area (TPSA) is 35.5 Å². The second-order valence-corrected chi connectivity index (χ2v) is 3.75. The number of carbonyl (C=O) groups excluding carboxylic acids is 1. The molecule has 1 rings (SSSR count). The first-order chi connectivity index (χ1) is 7.33. The van der Waals surface area contributed by atoms with Crippen LogP contribution in [0.25, 0.3) is 0 Å². The molecule has 0 unspecified atom stereocenters. The van der Waals surface area contributed by atoms with Crippen LogP contribution in [-0.4, -0.2) is 19.2 Å². The fraction of sp³-hybridized carbons (Fsp3) is 0.750. The summed E-state index contributed by atoms with van der Waals surface area (Å²) in [4.78, 5) is 11.3. The van der Waals surface area contributed by atoms with E-state index in [-0.39, 0.29) is 5.97 Å². The SMILES string of the molecule is CCCOCCC(=O)OC1=CCCCC1. The third-order valence-corrected chi connectivity index (χ3v) is 2.29. The Kier molecular flexibility index (Phi) is 6.09. The van der Waals surface area contributed by atoms with Crippen molar-refractivity contribution < 1.29 is 14.3 Å². The van der Waals surface area contributed by atoms with Crippen molar-refractivity contribution in [3.05, 3.63) is 11.8 Å². The van der Waals surface area contributed by atoms with Gasteiger partial charge in [0.1, 0.15) is 5.76 Å². The molecule has 0 amide bonds. The fourth-order valence-corrected chi connectivity index (χ4v) is 1.50. The molecule has 0 N–H and O–H groups in total. The Morgan fingerprint density at radius 1 is 1.40 bits per heavy atom. The maximum Gasteiger partial charge on any atom is 0.313 e. The first-order valence-corrected chi connectivity index (χ1v) is 5.80. The summed E-state index contributed by atoms with van der Waals surface area (Å²) in [6, 6.07) is 0. The Balaban J connectivity index is 2.09. The van der Waals surface area contributed by atoms with Gasteiger partial charge in [-0.15, -0.1) is 0 Å². The lowest BCUT2D eigenvalue weighted by Gasteiger charge is -2.12. The van der Waals surface area contributed by atoms with Gasteiger partial charge in [0.15, 0.2) is 0 Å². The van der Waals surface area contributed by atoms with Gasteiger partial charge >= 0.3 is 5.97 Å². The van der Waals surface area contributed by atoms with E-state index in [9.17, 15) is 4.79 Å². The second kappa shape index (κ2) is 7.46. The maximum absolute atomic E-state index is 11.3. The van der Waals surface area contributed by atoms with E-state index in [0.29, 0.717) is 13.0 Å². The van der Waals surface area contributed by atoms with E-state index >= 15 is 0 Å². The summed E-state index contributed by atoms with van der Waals surface area (Å²) in [6.45, 7) is 3.24. The molecule has 0 aliphatic heterocycles. The summed E-state index contributed by atoms with van der Waals surface area (Å²) in [5.74, 6) is 0.681. The van der Waals surface area contributed by atoms with Crippen molar-refractivity contribution in [3.8, 4) is 0 Å². The van der Waals surface area contributed by atoms with Crippen LogP contribution in [0.5, 0.6) is 0 Å². The molecule has 0 radical (unpaired) electrons. The Morgan fingerprint density at radius 2 is 2.27 bits per heavy atom. The zero-order valence-corrected chi connectivity index (χ0v) is 9.46. The third-order valence-electron chi connectivity index (χ3n) is 2.29. The van der Waals surface area contributed by atoms with Gasteiger partial charge in [0, 0.05) is 13.0 Å². The molecule has 0 aromatic rings. The minimum atomic E-state index is -0.167. The summed E-state index contributed by atoms with van der Waals surface area (Å²) in [6.07, 6.45) is 7.65. The van der Waals surface area contributed by atoms with Crippen LogP contribution in [0.15, 0.2) is 11.8 Å². The van der Waals surface area contributed by atoms with Crippen molar-refractivity contribution in [1.82, 2.24) is 0 Å². The molecule has 0 saturated heterocycles. The van der Waals surface area contributed by atoms with E-state index in [1.54, 1.807) is 0 Å². The molecule has 3 nitrogen and oxygen atoms in total. The Bertz CT molecular complexity index is 221. The van der Waals surface area contributed by atoms with Crippen molar-refractivity contribution >= 4 is 5.97 Å². The molecule has 15 heavy (non-hydrogen) atoms. The Labute approximate surface area is 91.4 Å². The smallest absolute Gasteiger partial charge is 0.313 e. The summed E-state index contributed by atoms with van der Waals surface area (Å²) in [7, 11) is 0. The molecular weight excluding hydrogens is 192 g/mol. The van der Waals surface area contributed by atoms with E-state index in [1.807, 2.05) is 13.0 Å². The first kappa shape index (κ1) is 12.2. The van der Waals surface area contributed by atoms with Gasteiger partial charge < -0.3 is 9.47 Å². The van der Waals surface area contributed by atoms with Crippen LogP contribution in [0, 0.1) is 0 Å². The van der Waals surface area contributed by atoms with Gasteiger partial charge in [-0.2, -0.15) is 0 Å². The van der Waals surface area contributed by atoms with Gasteiger partial charge in [-0.3, -0.25) is 4.79 Å². The summed E-state index contributed by atoms with van der Waals surface area (Å²) >= 11 is 0. The second-order valence-electron chi connectivity index (χ2n) is 3.75. The van der Waals surface area contributed by atoms with Crippen LogP contribution in [-0.2, 0) is 14.3 Å². The normalized spacial score (nSPS) is 15.9. The van der Waals surface area contributed by atoms with E-state index in [1.165, 1.54) is 6.42 Å². The predicted molar refractivity (Wildman–Crippen MR) is 58.4 cm³/mol. The van der Waals surface area contributed by atoms with Crippen LogP contribution in [0.1, 0.15) is 45.4 Å². The van der Waals surface area contributed by atoms with Crippen molar-refractivity contribution in [1.29, 1.82) is 0 Å². The monoisotopic (exact) mass is 212 g/mol. The van der Waals surface area contributed by atoms with E-state index in [2.05, 4.69) is 0 Å². The highest BCUT2D eigenvalue weighted by Gasteiger charge is 2.09. The molecule has 0 spiro atoms. The van der Waals surface area contributed by atoms with Gasteiger partial charge in [0.05, 0.1) is 13.0 Å². The van der Waals surface area contributed by atoms with Gasteiger partial charge in [-0.1, -0.05) is 6.92 Å². The molecule has 1 aliphatic rings. The molecule has 0 saturated carbocycles. The molecule has 0 bridgehead atoms. The number of allylic oxidation sites excluding steroid dienone is 2. The molecular formula is C12H20O3. The highest BCUT2D eigenvalue weighted by atomic mass is 16.5.